The first kappa shape index (κ1) is 20.0. The normalized spacial score (nSPS) is 11.4. The van der Waals surface area contributed by atoms with Crippen LogP contribution in [0.3, 0.4) is 0 Å². The van der Waals surface area contributed by atoms with Crippen LogP contribution in [0.2, 0.25) is 0 Å². The Labute approximate surface area is 185 Å². The van der Waals surface area contributed by atoms with Gasteiger partial charge in [-0.1, -0.05) is 12.1 Å². The van der Waals surface area contributed by atoms with Crippen LogP contribution in [0, 0.1) is 13.8 Å². The van der Waals surface area contributed by atoms with E-state index in [1.807, 2.05) is 32.0 Å². The summed E-state index contributed by atoms with van der Waals surface area (Å²) in [7, 11) is 0. The van der Waals surface area contributed by atoms with E-state index in [-0.39, 0.29) is 30.3 Å². The molecule has 1 N–H and O–H groups in total. The summed E-state index contributed by atoms with van der Waals surface area (Å²) in [6.07, 6.45) is 1.52. The molecular formula is C22H19N5O4S. The van der Waals surface area contributed by atoms with Gasteiger partial charge in [0.15, 0.2) is 0 Å². The highest BCUT2D eigenvalue weighted by atomic mass is 32.1. The molecule has 4 aromatic heterocycles. The van der Waals surface area contributed by atoms with Crippen LogP contribution in [-0.2, 0) is 17.9 Å². The van der Waals surface area contributed by atoms with Crippen molar-refractivity contribution in [2.75, 3.05) is 5.32 Å². The molecule has 0 spiro atoms. The highest BCUT2D eigenvalue weighted by molar-refractivity contribution is 7.17. The van der Waals surface area contributed by atoms with Crippen molar-refractivity contribution in [2.24, 2.45) is 0 Å². The summed E-state index contributed by atoms with van der Waals surface area (Å²) in [6, 6.07) is 10.9. The number of thiophene rings is 1. The fourth-order valence-corrected chi connectivity index (χ4v) is 4.46. The van der Waals surface area contributed by atoms with Crippen molar-refractivity contribution in [3.8, 4) is 0 Å². The van der Waals surface area contributed by atoms with Gasteiger partial charge >= 0.3 is 5.69 Å². The molecule has 0 saturated carbocycles. The van der Waals surface area contributed by atoms with E-state index >= 15 is 0 Å². The molecule has 0 aliphatic rings. The number of fused-ring (bicyclic) bond motifs is 3. The number of aromatic nitrogens is 4. The molecule has 0 aliphatic carbocycles. The Hall–Kier alpha value is -3.92. The molecular weight excluding hydrogens is 430 g/mol. The minimum absolute atomic E-state index is 0.119. The molecule has 10 heteroatoms. The highest BCUT2D eigenvalue weighted by Gasteiger charge is 2.20. The van der Waals surface area contributed by atoms with Crippen molar-refractivity contribution in [3.63, 3.8) is 0 Å². The third-order valence-electron chi connectivity index (χ3n) is 5.24. The summed E-state index contributed by atoms with van der Waals surface area (Å²) in [4.78, 5) is 38.9. The molecule has 0 atom stereocenters. The second-order valence-corrected chi connectivity index (χ2v) is 8.46. The monoisotopic (exact) mass is 449 g/mol. The maximum Gasteiger partial charge on any atom is 0.352 e. The van der Waals surface area contributed by atoms with Gasteiger partial charge in [0.1, 0.15) is 17.0 Å². The van der Waals surface area contributed by atoms with E-state index in [1.165, 1.54) is 26.6 Å². The lowest BCUT2D eigenvalue weighted by Crippen LogP contribution is -2.29. The van der Waals surface area contributed by atoms with Gasteiger partial charge in [-0.3, -0.25) is 14.2 Å². The van der Waals surface area contributed by atoms with Crippen molar-refractivity contribution in [2.45, 2.75) is 26.9 Å². The summed E-state index contributed by atoms with van der Waals surface area (Å²) >= 11 is 1.25. The van der Waals surface area contributed by atoms with E-state index in [9.17, 15) is 14.4 Å². The second-order valence-electron chi connectivity index (χ2n) is 7.55. The standard InChI is InChI=1S/C22H19N5O4S/c1-13-5-6-14(2)16(10-13)23-18(28)12-26-22(30)27-17-7-9-32-19(17)20(29)25(21(27)24-26)11-15-4-3-8-31-15/h3-10H,11-12H2,1-2H3,(H,23,28). The van der Waals surface area contributed by atoms with Crippen molar-refractivity contribution < 1.29 is 9.21 Å². The summed E-state index contributed by atoms with van der Waals surface area (Å²) in [6.45, 7) is 3.67. The fraction of sp³-hybridized carbons (Fsp3) is 0.182. The first-order valence-corrected chi connectivity index (χ1v) is 10.8. The van der Waals surface area contributed by atoms with Gasteiger partial charge < -0.3 is 9.73 Å². The Kier molecular flexibility index (Phi) is 4.78. The fourth-order valence-electron chi connectivity index (χ4n) is 3.63. The van der Waals surface area contributed by atoms with Gasteiger partial charge in [0.05, 0.1) is 18.3 Å². The molecule has 162 valence electrons. The zero-order chi connectivity index (χ0) is 22.4. The van der Waals surface area contributed by atoms with Gasteiger partial charge in [0.25, 0.3) is 5.56 Å². The number of amides is 1. The van der Waals surface area contributed by atoms with Gasteiger partial charge in [-0.15, -0.1) is 16.4 Å². The Balaban J connectivity index is 1.58. The van der Waals surface area contributed by atoms with Crippen LogP contribution < -0.4 is 16.6 Å². The number of carbonyl (C=O) groups is 1. The van der Waals surface area contributed by atoms with E-state index in [0.717, 1.165) is 15.8 Å². The third-order valence-corrected chi connectivity index (χ3v) is 6.13. The van der Waals surface area contributed by atoms with Crippen molar-refractivity contribution >= 4 is 38.9 Å². The molecule has 0 aliphatic heterocycles. The zero-order valence-corrected chi connectivity index (χ0v) is 18.2. The van der Waals surface area contributed by atoms with Gasteiger partial charge in [-0.25, -0.2) is 13.9 Å². The largest absolute Gasteiger partial charge is 0.467 e. The Morgan fingerprint density at radius 2 is 2.03 bits per heavy atom. The predicted octanol–water partition coefficient (Wildman–Crippen LogP) is 2.77. The lowest BCUT2D eigenvalue weighted by Gasteiger charge is -2.08. The maximum absolute atomic E-state index is 13.2. The smallest absolute Gasteiger partial charge is 0.352 e. The first-order chi connectivity index (χ1) is 15.4. The van der Waals surface area contributed by atoms with Crippen molar-refractivity contribution in [3.05, 3.63) is 85.8 Å². The zero-order valence-electron chi connectivity index (χ0n) is 17.4. The SMILES string of the molecule is Cc1ccc(C)c(NC(=O)Cn2nc3n(Cc4ccco4)c(=O)c4sccc4n3c2=O)c1. The molecule has 0 saturated heterocycles. The van der Waals surface area contributed by atoms with E-state index in [1.54, 1.807) is 23.6 Å². The molecule has 1 aromatic carbocycles. The van der Waals surface area contributed by atoms with E-state index in [2.05, 4.69) is 10.4 Å². The average molecular weight is 449 g/mol. The van der Waals surface area contributed by atoms with Crippen molar-refractivity contribution in [1.82, 2.24) is 18.7 Å². The average Bonchev–Trinajstić information content (AvgIpc) is 3.49. The van der Waals surface area contributed by atoms with Gasteiger partial charge in [0, 0.05) is 5.69 Å². The quantitative estimate of drug-likeness (QED) is 0.444. The van der Waals surface area contributed by atoms with Gasteiger partial charge in [-0.2, -0.15) is 0 Å². The molecule has 1 amide bonds. The van der Waals surface area contributed by atoms with Crippen LogP contribution in [0.4, 0.5) is 5.69 Å². The second kappa shape index (κ2) is 7.65. The van der Waals surface area contributed by atoms with Crippen LogP contribution in [0.5, 0.6) is 0 Å². The number of hydrogen-bond acceptors (Lipinski definition) is 6. The number of hydrogen-bond donors (Lipinski definition) is 1. The number of nitrogens with zero attached hydrogens (tertiary/aromatic N) is 4. The number of aryl methyl sites for hydroxylation is 2. The third kappa shape index (κ3) is 3.34. The van der Waals surface area contributed by atoms with E-state index in [4.69, 9.17) is 4.42 Å². The summed E-state index contributed by atoms with van der Waals surface area (Å²) in [5, 5.41) is 8.92. The number of nitrogens with one attached hydrogen (secondary N) is 1. The molecule has 9 nitrogen and oxygen atoms in total. The number of benzene rings is 1. The van der Waals surface area contributed by atoms with Crippen LogP contribution in [0.1, 0.15) is 16.9 Å². The summed E-state index contributed by atoms with van der Waals surface area (Å²) < 4.78 is 9.64. The Morgan fingerprint density at radius 3 is 2.81 bits per heavy atom. The van der Waals surface area contributed by atoms with Crippen LogP contribution >= 0.6 is 11.3 Å². The minimum atomic E-state index is -0.493. The number of furan rings is 1. The van der Waals surface area contributed by atoms with E-state index in [0.29, 0.717) is 21.7 Å². The van der Waals surface area contributed by atoms with Crippen LogP contribution in [0.25, 0.3) is 16.0 Å². The molecule has 5 rings (SSSR count). The number of carbonyl (C=O) groups excluding carboxylic acids is 1. The first-order valence-electron chi connectivity index (χ1n) is 9.91. The molecule has 5 aromatic rings. The lowest BCUT2D eigenvalue weighted by atomic mass is 10.1. The molecule has 0 radical (unpaired) electrons. The predicted molar refractivity (Wildman–Crippen MR) is 121 cm³/mol. The minimum Gasteiger partial charge on any atom is -0.467 e. The number of rotatable bonds is 5. The van der Waals surface area contributed by atoms with Crippen molar-refractivity contribution in [1.29, 1.82) is 0 Å². The number of anilines is 1. The topological polar surface area (TPSA) is 104 Å². The summed E-state index contributed by atoms with van der Waals surface area (Å²) in [5.41, 5.74) is 2.32. The van der Waals surface area contributed by atoms with E-state index < -0.39 is 5.69 Å². The Bertz CT molecular complexity index is 1590. The van der Waals surface area contributed by atoms with Crippen LogP contribution in [-0.4, -0.2) is 24.7 Å². The maximum atomic E-state index is 13.2. The Morgan fingerprint density at radius 1 is 1.19 bits per heavy atom. The molecule has 0 fully saturated rings. The molecule has 32 heavy (non-hydrogen) atoms. The molecule has 4 heterocycles. The molecule has 0 bridgehead atoms. The van der Waals surface area contributed by atoms with Gasteiger partial charge in [0.2, 0.25) is 11.7 Å². The molecule has 0 unspecified atom stereocenters. The highest BCUT2D eigenvalue weighted by Crippen LogP contribution is 2.19. The summed E-state index contributed by atoms with van der Waals surface area (Å²) in [5.74, 6) is 0.326. The van der Waals surface area contributed by atoms with Crippen LogP contribution in [0.15, 0.2) is 62.0 Å². The lowest BCUT2D eigenvalue weighted by molar-refractivity contribution is -0.117. The van der Waals surface area contributed by atoms with Gasteiger partial charge in [-0.05, 0) is 54.6 Å².